The molecule has 11 nitrogen and oxygen atoms in total. The molecule has 1 amide bonds. The number of piperazine rings is 1. The van der Waals surface area contributed by atoms with Crippen LogP contribution < -0.4 is 26.5 Å². The third-order valence-electron chi connectivity index (χ3n) is 5.52. The van der Waals surface area contributed by atoms with Gasteiger partial charge in [0.25, 0.3) is 0 Å². The normalized spacial score (nSPS) is 14.2. The molecule has 1 saturated heterocycles. The molecule has 1 aliphatic rings. The summed E-state index contributed by atoms with van der Waals surface area (Å²) in [6.07, 6.45) is 0. The summed E-state index contributed by atoms with van der Waals surface area (Å²) in [5.41, 5.74) is 7.78. The molecular weight excluding hydrogens is 472 g/mol. The molecule has 12 heteroatoms. The lowest BCUT2D eigenvalue weighted by molar-refractivity contribution is -0.120. The Kier molecular flexibility index (Phi) is 7.51. The zero-order valence-corrected chi connectivity index (χ0v) is 19.9. The Bertz CT molecular complexity index is 1210. The van der Waals surface area contributed by atoms with E-state index in [0.29, 0.717) is 48.5 Å². The maximum atomic E-state index is 12.7. The number of anilines is 5. The van der Waals surface area contributed by atoms with E-state index in [1.54, 1.807) is 17.0 Å². The molecule has 1 aromatic carbocycles. The Hall–Kier alpha value is -3.64. The van der Waals surface area contributed by atoms with E-state index in [1.165, 1.54) is 6.07 Å². The number of pyridine rings is 2. The second-order valence-corrected chi connectivity index (χ2v) is 8.52. The topological polar surface area (TPSA) is 146 Å². The third-order valence-corrected chi connectivity index (χ3v) is 5.76. The van der Waals surface area contributed by atoms with Crippen molar-refractivity contribution >= 4 is 46.3 Å². The van der Waals surface area contributed by atoms with Gasteiger partial charge < -0.3 is 31.7 Å². The van der Waals surface area contributed by atoms with Gasteiger partial charge in [-0.1, -0.05) is 23.7 Å². The van der Waals surface area contributed by atoms with E-state index in [2.05, 4.69) is 15.6 Å². The first-order valence-electron chi connectivity index (χ1n) is 11.0. The van der Waals surface area contributed by atoms with Gasteiger partial charge in [0.2, 0.25) is 5.91 Å². The minimum atomic E-state index is -0.323. The van der Waals surface area contributed by atoms with Crippen molar-refractivity contribution < 1.29 is 10.0 Å². The Balaban J connectivity index is 1.48. The summed E-state index contributed by atoms with van der Waals surface area (Å²) in [6, 6.07) is 14.0. The molecule has 184 valence electrons. The van der Waals surface area contributed by atoms with E-state index in [9.17, 15) is 10.0 Å². The summed E-state index contributed by atoms with van der Waals surface area (Å²) in [5, 5.41) is 26.6. The van der Waals surface area contributed by atoms with Crippen LogP contribution in [0.15, 0.2) is 48.5 Å². The molecule has 0 unspecified atom stereocenters. The molecule has 0 saturated carbocycles. The van der Waals surface area contributed by atoms with E-state index in [4.69, 9.17) is 27.5 Å². The van der Waals surface area contributed by atoms with Gasteiger partial charge in [0.15, 0.2) is 5.82 Å². The lowest BCUT2D eigenvalue weighted by Crippen LogP contribution is -2.49. The molecule has 3 aromatic rings. The number of likely N-dealkylation sites (N-methyl/N-ethyl adjacent to an activating group) is 1. The fraction of sp³-hybridized carbons (Fsp3) is 0.261. The first-order chi connectivity index (χ1) is 16.8. The zero-order chi connectivity index (χ0) is 24.9. The number of aromatic nitrogens is 2. The van der Waals surface area contributed by atoms with Crippen LogP contribution in [0.3, 0.4) is 0 Å². The van der Waals surface area contributed by atoms with Crippen molar-refractivity contribution in [3.05, 3.63) is 58.8 Å². The van der Waals surface area contributed by atoms with E-state index in [-0.39, 0.29) is 22.6 Å². The first-order valence-corrected chi connectivity index (χ1v) is 11.4. The molecule has 0 radical (unpaired) electrons. The quantitative estimate of drug-likeness (QED) is 0.270. The van der Waals surface area contributed by atoms with Crippen LogP contribution in [0.25, 0.3) is 11.3 Å². The summed E-state index contributed by atoms with van der Waals surface area (Å²) in [7, 11) is 1.93. The lowest BCUT2D eigenvalue weighted by Gasteiger charge is -2.33. The molecule has 1 aliphatic heterocycles. The molecule has 2 aromatic heterocycles. The molecule has 4 rings (SSSR count). The number of hydrogen-bond donors (Lipinski definition) is 4. The number of carbonyl (C=O) groups is 1. The predicted octanol–water partition coefficient (Wildman–Crippen LogP) is 2.88. The summed E-state index contributed by atoms with van der Waals surface area (Å²) in [4.78, 5) is 25.3. The summed E-state index contributed by atoms with van der Waals surface area (Å²) in [5.74, 6) is 1.04. The van der Waals surface area contributed by atoms with E-state index in [0.717, 1.165) is 17.8 Å². The highest BCUT2D eigenvalue weighted by Crippen LogP contribution is 2.33. The van der Waals surface area contributed by atoms with Gasteiger partial charge in [-0.3, -0.25) is 14.9 Å². The number of benzene rings is 1. The Morgan fingerprint density at radius 1 is 1.11 bits per heavy atom. The van der Waals surface area contributed by atoms with E-state index >= 15 is 0 Å². The highest BCUT2D eigenvalue weighted by Gasteiger charge is 2.26. The van der Waals surface area contributed by atoms with Crippen LogP contribution in [0.4, 0.5) is 28.8 Å². The number of nitrogens with zero attached hydrogens (tertiary/aromatic N) is 5. The molecule has 0 bridgehead atoms. The number of carbonyl (C=O) groups excluding carboxylic acids is 1. The number of halogens is 1. The zero-order valence-electron chi connectivity index (χ0n) is 19.1. The number of nitrogens with two attached hydrogens (primary N) is 1. The minimum absolute atomic E-state index is 0.0211. The molecule has 5 N–H and O–H groups in total. The highest BCUT2D eigenvalue weighted by molar-refractivity contribution is 6.30. The van der Waals surface area contributed by atoms with Gasteiger partial charge in [0.1, 0.15) is 11.6 Å². The van der Waals surface area contributed by atoms with Crippen molar-refractivity contribution in [2.24, 2.45) is 0 Å². The first kappa shape index (κ1) is 24.5. The number of nitrogens with one attached hydrogen (secondary N) is 2. The van der Waals surface area contributed by atoms with E-state index < -0.39 is 0 Å². The molecule has 35 heavy (non-hydrogen) atoms. The SMILES string of the molecule is CN1CCN(c2ccc(NCCNc3ccc(N([O-])O)c(N)n3)nc2-c2cccc(Cl)c2)C(=O)C1. The molecule has 0 atom stereocenters. The van der Waals surface area contributed by atoms with Gasteiger partial charge in [-0.15, -0.1) is 0 Å². The fourth-order valence-corrected chi connectivity index (χ4v) is 3.96. The minimum Gasteiger partial charge on any atom is -0.733 e. The number of nitrogen functional groups attached to an aromatic ring is 1. The van der Waals surface area contributed by atoms with Crippen LogP contribution in [-0.4, -0.2) is 65.8 Å². The second-order valence-electron chi connectivity index (χ2n) is 8.09. The monoisotopic (exact) mass is 497 g/mol. The Morgan fingerprint density at radius 2 is 1.83 bits per heavy atom. The largest absolute Gasteiger partial charge is 0.733 e. The molecule has 0 aliphatic carbocycles. The van der Waals surface area contributed by atoms with Crippen LogP contribution in [0.5, 0.6) is 0 Å². The standard InChI is InChI=1S/C23H26ClN8O3/c1-30-11-12-31(21(33)14-30)17-5-7-19(28-22(17)15-3-2-4-16(24)13-15)26-9-10-27-20-8-6-18(32(34)35)23(25)29-20/h2-8,13,34H,9-12,14H2,1H3,(H,26,28)(H3,25,27,29)/q-1. The van der Waals surface area contributed by atoms with Crippen molar-refractivity contribution in [2.45, 2.75) is 0 Å². The average Bonchev–Trinajstić information content (AvgIpc) is 2.82. The van der Waals surface area contributed by atoms with Crippen LogP contribution in [0.2, 0.25) is 5.02 Å². The van der Waals surface area contributed by atoms with Crippen molar-refractivity contribution in [3.63, 3.8) is 0 Å². The summed E-state index contributed by atoms with van der Waals surface area (Å²) >= 11 is 6.23. The number of rotatable bonds is 8. The van der Waals surface area contributed by atoms with Crippen molar-refractivity contribution in [1.29, 1.82) is 0 Å². The van der Waals surface area contributed by atoms with Gasteiger partial charge in [-0.2, -0.15) is 0 Å². The highest BCUT2D eigenvalue weighted by atomic mass is 35.5. The van der Waals surface area contributed by atoms with Crippen molar-refractivity contribution in [1.82, 2.24) is 14.9 Å². The van der Waals surface area contributed by atoms with E-state index in [1.807, 2.05) is 42.3 Å². The van der Waals surface area contributed by atoms with Crippen LogP contribution in [0.1, 0.15) is 0 Å². The van der Waals surface area contributed by atoms with Crippen LogP contribution in [-0.2, 0) is 4.79 Å². The number of amides is 1. The summed E-state index contributed by atoms with van der Waals surface area (Å²) in [6.45, 7) is 2.70. The molecule has 1 fully saturated rings. The second kappa shape index (κ2) is 10.7. The lowest BCUT2D eigenvalue weighted by atomic mass is 10.1. The van der Waals surface area contributed by atoms with Crippen molar-refractivity contribution in [3.8, 4) is 11.3 Å². The van der Waals surface area contributed by atoms with Gasteiger partial charge in [-0.05, 0) is 43.4 Å². The maximum Gasteiger partial charge on any atom is 0.241 e. The Labute approximate surface area is 207 Å². The van der Waals surface area contributed by atoms with Crippen molar-refractivity contribution in [2.75, 3.05) is 66.3 Å². The van der Waals surface area contributed by atoms with Crippen LogP contribution >= 0.6 is 11.6 Å². The average molecular weight is 498 g/mol. The third kappa shape index (κ3) is 5.89. The number of hydrogen-bond acceptors (Lipinski definition) is 10. The van der Waals surface area contributed by atoms with Gasteiger partial charge in [0, 0.05) is 36.8 Å². The van der Waals surface area contributed by atoms with Gasteiger partial charge >= 0.3 is 0 Å². The van der Waals surface area contributed by atoms with Crippen LogP contribution in [0, 0.1) is 5.21 Å². The molecular formula is C23H26ClN8O3-. The van der Waals surface area contributed by atoms with Gasteiger partial charge in [0.05, 0.1) is 23.6 Å². The van der Waals surface area contributed by atoms with Gasteiger partial charge in [-0.25, -0.2) is 9.97 Å². The molecule has 3 heterocycles. The maximum absolute atomic E-state index is 12.7. The fourth-order valence-electron chi connectivity index (χ4n) is 3.77. The molecule has 0 spiro atoms. The predicted molar refractivity (Wildman–Crippen MR) is 138 cm³/mol. The smallest absolute Gasteiger partial charge is 0.241 e. The summed E-state index contributed by atoms with van der Waals surface area (Å²) < 4.78 is 0. The Morgan fingerprint density at radius 3 is 2.49 bits per heavy atom.